The molecule has 2 atom stereocenters. The molecule has 1 aromatic rings. The first kappa shape index (κ1) is 11.2. The molecule has 0 aliphatic carbocycles. The van der Waals surface area contributed by atoms with Gasteiger partial charge in [0.15, 0.2) is 0 Å². The summed E-state index contributed by atoms with van der Waals surface area (Å²) in [6.45, 7) is 4.57. The van der Waals surface area contributed by atoms with Gasteiger partial charge in [-0.05, 0) is 18.4 Å². The third-order valence-electron chi connectivity index (χ3n) is 3.18. The summed E-state index contributed by atoms with van der Waals surface area (Å²) in [5, 5.41) is 0. The van der Waals surface area contributed by atoms with Gasteiger partial charge >= 0.3 is 0 Å². The molecule has 0 radical (unpaired) electrons. The molecule has 2 heteroatoms. The van der Waals surface area contributed by atoms with Crippen molar-refractivity contribution in [1.29, 1.82) is 0 Å². The van der Waals surface area contributed by atoms with Gasteiger partial charge in [-0.25, -0.2) is 0 Å². The molecule has 1 aliphatic heterocycles. The summed E-state index contributed by atoms with van der Waals surface area (Å²) < 4.78 is 0. The molecule has 1 aliphatic rings. The van der Waals surface area contributed by atoms with Crippen molar-refractivity contribution >= 4 is 15.9 Å². The standard InChI is InChI=1S/C13H18BrN/c1-2-13-8-12(14)10-15(13)9-11-6-4-3-5-7-11/h3-7,12-13H,2,8-10H2,1H3/t12-,13+/m0/s1. The zero-order valence-electron chi connectivity index (χ0n) is 9.20. The van der Waals surface area contributed by atoms with Crippen LogP contribution in [0.25, 0.3) is 0 Å². The molecular formula is C13H18BrN. The lowest BCUT2D eigenvalue weighted by atomic mass is 10.1. The second-order valence-electron chi connectivity index (χ2n) is 4.31. The molecule has 82 valence electrons. The second-order valence-corrected chi connectivity index (χ2v) is 5.61. The Bertz CT molecular complexity index is 299. The molecule has 1 heterocycles. The summed E-state index contributed by atoms with van der Waals surface area (Å²) in [5.41, 5.74) is 1.43. The van der Waals surface area contributed by atoms with Crippen molar-refractivity contribution in [2.45, 2.75) is 37.2 Å². The average molecular weight is 268 g/mol. The van der Waals surface area contributed by atoms with Crippen LogP contribution < -0.4 is 0 Å². The molecule has 0 aromatic heterocycles. The van der Waals surface area contributed by atoms with E-state index < -0.39 is 0 Å². The van der Waals surface area contributed by atoms with Gasteiger partial charge in [0.2, 0.25) is 0 Å². The van der Waals surface area contributed by atoms with Gasteiger partial charge < -0.3 is 0 Å². The van der Waals surface area contributed by atoms with Gasteiger partial charge in [0, 0.05) is 24.0 Å². The molecule has 0 amide bonds. The van der Waals surface area contributed by atoms with Crippen LogP contribution in [0, 0.1) is 0 Å². The number of hydrogen-bond acceptors (Lipinski definition) is 1. The summed E-state index contributed by atoms with van der Waals surface area (Å²) >= 11 is 3.73. The van der Waals surface area contributed by atoms with Gasteiger partial charge in [0.25, 0.3) is 0 Å². The number of likely N-dealkylation sites (tertiary alicyclic amines) is 1. The predicted molar refractivity (Wildman–Crippen MR) is 68.3 cm³/mol. The van der Waals surface area contributed by atoms with E-state index in [1.54, 1.807) is 0 Å². The molecule has 1 nitrogen and oxygen atoms in total. The van der Waals surface area contributed by atoms with Crippen LogP contribution in [0.15, 0.2) is 30.3 Å². The number of halogens is 1. The summed E-state index contributed by atoms with van der Waals surface area (Å²) in [4.78, 5) is 3.28. The van der Waals surface area contributed by atoms with Crippen molar-refractivity contribution in [2.75, 3.05) is 6.54 Å². The highest BCUT2D eigenvalue weighted by atomic mass is 79.9. The highest BCUT2D eigenvalue weighted by Crippen LogP contribution is 2.26. The zero-order valence-corrected chi connectivity index (χ0v) is 10.8. The topological polar surface area (TPSA) is 3.24 Å². The van der Waals surface area contributed by atoms with Crippen molar-refractivity contribution in [1.82, 2.24) is 4.90 Å². The van der Waals surface area contributed by atoms with Crippen LogP contribution in [-0.4, -0.2) is 22.3 Å². The number of rotatable bonds is 3. The van der Waals surface area contributed by atoms with Gasteiger partial charge in [-0.3, -0.25) is 4.90 Å². The quantitative estimate of drug-likeness (QED) is 0.759. The highest BCUT2D eigenvalue weighted by molar-refractivity contribution is 9.09. The van der Waals surface area contributed by atoms with Crippen molar-refractivity contribution in [2.24, 2.45) is 0 Å². The first-order chi connectivity index (χ1) is 7.29. The van der Waals surface area contributed by atoms with Crippen molar-refractivity contribution < 1.29 is 0 Å². The summed E-state index contributed by atoms with van der Waals surface area (Å²) in [6.07, 6.45) is 2.55. The maximum atomic E-state index is 3.73. The minimum atomic E-state index is 0.686. The lowest BCUT2D eigenvalue weighted by molar-refractivity contribution is 0.240. The monoisotopic (exact) mass is 267 g/mol. The Kier molecular flexibility index (Phi) is 3.81. The predicted octanol–water partition coefficient (Wildman–Crippen LogP) is 3.43. The van der Waals surface area contributed by atoms with E-state index in [-0.39, 0.29) is 0 Å². The fourth-order valence-electron chi connectivity index (χ4n) is 2.36. The van der Waals surface area contributed by atoms with Gasteiger partial charge in [-0.15, -0.1) is 0 Å². The SMILES string of the molecule is CC[C@@H]1C[C@H](Br)CN1Cc1ccccc1. The molecule has 2 rings (SSSR count). The van der Waals surface area contributed by atoms with Crippen molar-refractivity contribution in [3.63, 3.8) is 0 Å². The van der Waals surface area contributed by atoms with Gasteiger partial charge in [-0.2, -0.15) is 0 Å². The minimum Gasteiger partial charge on any atom is -0.295 e. The molecule has 0 saturated carbocycles. The van der Waals surface area contributed by atoms with Gasteiger partial charge in [0.1, 0.15) is 0 Å². The van der Waals surface area contributed by atoms with E-state index in [1.807, 2.05) is 0 Å². The second kappa shape index (κ2) is 5.13. The average Bonchev–Trinajstić information content (AvgIpc) is 2.60. The van der Waals surface area contributed by atoms with E-state index in [1.165, 1.54) is 24.9 Å². The van der Waals surface area contributed by atoms with E-state index in [0.717, 1.165) is 12.6 Å². The largest absolute Gasteiger partial charge is 0.295 e. The summed E-state index contributed by atoms with van der Waals surface area (Å²) in [5.74, 6) is 0. The third kappa shape index (κ3) is 2.82. The van der Waals surface area contributed by atoms with Crippen LogP contribution in [0.1, 0.15) is 25.3 Å². The number of benzene rings is 1. The van der Waals surface area contributed by atoms with Crippen molar-refractivity contribution in [3.05, 3.63) is 35.9 Å². The Morgan fingerprint density at radius 3 is 2.73 bits per heavy atom. The Balaban J connectivity index is 2.00. The lowest BCUT2D eigenvalue weighted by Gasteiger charge is -2.22. The lowest BCUT2D eigenvalue weighted by Crippen LogP contribution is -2.28. The Morgan fingerprint density at radius 1 is 1.33 bits per heavy atom. The number of hydrogen-bond donors (Lipinski definition) is 0. The van der Waals surface area contributed by atoms with Crippen LogP contribution in [0.2, 0.25) is 0 Å². The highest BCUT2D eigenvalue weighted by Gasteiger charge is 2.28. The molecule has 0 unspecified atom stereocenters. The molecule has 15 heavy (non-hydrogen) atoms. The Morgan fingerprint density at radius 2 is 2.07 bits per heavy atom. The van der Waals surface area contributed by atoms with Crippen molar-refractivity contribution in [3.8, 4) is 0 Å². The molecule has 0 spiro atoms. The van der Waals surface area contributed by atoms with E-state index in [9.17, 15) is 0 Å². The number of alkyl halides is 1. The van der Waals surface area contributed by atoms with Gasteiger partial charge in [-0.1, -0.05) is 53.2 Å². The first-order valence-electron chi connectivity index (χ1n) is 5.71. The van der Waals surface area contributed by atoms with Crippen LogP contribution in [-0.2, 0) is 6.54 Å². The normalized spacial score (nSPS) is 27.1. The maximum Gasteiger partial charge on any atom is 0.0288 e. The minimum absolute atomic E-state index is 0.686. The maximum absolute atomic E-state index is 3.73. The molecule has 1 aromatic carbocycles. The van der Waals surface area contributed by atoms with Crippen LogP contribution >= 0.6 is 15.9 Å². The molecule has 0 N–H and O–H groups in total. The summed E-state index contributed by atoms with van der Waals surface area (Å²) in [6, 6.07) is 11.5. The van der Waals surface area contributed by atoms with Crippen LogP contribution in [0.5, 0.6) is 0 Å². The summed E-state index contributed by atoms with van der Waals surface area (Å²) in [7, 11) is 0. The van der Waals surface area contributed by atoms with E-state index in [4.69, 9.17) is 0 Å². The first-order valence-corrected chi connectivity index (χ1v) is 6.63. The Labute approximate surface area is 101 Å². The Hall–Kier alpha value is -0.340. The fourth-order valence-corrected chi connectivity index (χ4v) is 3.16. The van der Waals surface area contributed by atoms with E-state index in [0.29, 0.717) is 4.83 Å². The van der Waals surface area contributed by atoms with Crippen LogP contribution in [0.4, 0.5) is 0 Å². The fraction of sp³-hybridized carbons (Fsp3) is 0.538. The number of nitrogens with zero attached hydrogens (tertiary/aromatic N) is 1. The molecule has 1 fully saturated rings. The molecular weight excluding hydrogens is 250 g/mol. The van der Waals surface area contributed by atoms with E-state index in [2.05, 4.69) is 58.1 Å². The van der Waals surface area contributed by atoms with Gasteiger partial charge in [0.05, 0.1) is 0 Å². The third-order valence-corrected chi connectivity index (χ3v) is 3.84. The van der Waals surface area contributed by atoms with Crippen LogP contribution in [0.3, 0.4) is 0 Å². The molecule has 0 bridgehead atoms. The zero-order chi connectivity index (χ0) is 10.7. The smallest absolute Gasteiger partial charge is 0.0288 e. The molecule has 1 saturated heterocycles. The van der Waals surface area contributed by atoms with E-state index >= 15 is 0 Å².